The first-order valence-corrected chi connectivity index (χ1v) is 4.73. The number of carbonyl (C=O) groups is 1. The van der Waals surface area contributed by atoms with Gasteiger partial charge in [-0.2, -0.15) is 0 Å². The first-order valence-electron chi connectivity index (χ1n) is 4.73. The molecular weight excluding hydrogens is 234 g/mol. The molecule has 0 saturated carbocycles. The minimum atomic E-state index is -3.48. The van der Waals surface area contributed by atoms with Gasteiger partial charge in [0.25, 0.3) is 5.92 Å². The van der Waals surface area contributed by atoms with Crippen molar-refractivity contribution in [3.8, 4) is 11.5 Å². The van der Waals surface area contributed by atoms with Gasteiger partial charge in [0.15, 0.2) is 0 Å². The second-order valence-corrected chi connectivity index (χ2v) is 3.34. The van der Waals surface area contributed by atoms with Crippen molar-refractivity contribution in [3.05, 3.63) is 23.8 Å². The van der Waals surface area contributed by atoms with Gasteiger partial charge in [0, 0.05) is 6.07 Å². The Hall–Kier alpha value is -1.85. The highest BCUT2D eigenvalue weighted by molar-refractivity contribution is 5.68. The number of rotatable bonds is 5. The molecule has 17 heavy (non-hydrogen) atoms. The summed E-state index contributed by atoms with van der Waals surface area (Å²) >= 11 is 0. The van der Waals surface area contributed by atoms with Crippen LogP contribution in [0.1, 0.15) is 12.0 Å². The van der Waals surface area contributed by atoms with Crippen molar-refractivity contribution in [2.45, 2.75) is 12.3 Å². The molecule has 0 aliphatic heterocycles. The molecule has 0 aromatic heterocycles. The maximum atomic E-state index is 13.6. The predicted octanol–water partition coefficient (Wildman–Crippen LogP) is 2.27. The molecule has 1 N–H and O–H groups in total. The molecule has 0 aliphatic carbocycles. The number of aliphatic carboxylic acids is 1. The molecule has 0 unspecified atom stereocenters. The van der Waals surface area contributed by atoms with E-state index in [0.717, 1.165) is 6.07 Å². The molecule has 0 fully saturated rings. The third-order valence-corrected chi connectivity index (χ3v) is 2.18. The highest BCUT2D eigenvalue weighted by atomic mass is 19.3. The van der Waals surface area contributed by atoms with Crippen LogP contribution < -0.4 is 9.47 Å². The second-order valence-electron chi connectivity index (χ2n) is 3.34. The molecule has 94 valence electrons. The number of ether oxygens (including phenoxy) is 2. The Morgan fingerprint density at radius 1 is 1.35 bits per heavy atom. The van der Waals surface area contributed by atoms with Gasteiger partial charge in [0.1, 0.15) is 17.9 Å². The van der Waals surface area contributed by atoms with E-state index in [-0.39, 0.29) is 5.75 Å². The van der Waals surface area contributed by atoms with Gasteiger partial charge in [-0.15, -0.1) is 0 Å². The first-order chi connectivity index (χ1) is 7.90. The normalized spacial score (nSPS) is 11.1. The van der Waals surface area contributed by atoms with E-state index in [4.69, 9.17) is 14.6 Å². The number of methoxy groups -OCH3 is 2. The lowest BCUT2D eigenvalue weighted by molar-refractivity contribution is -0.145. The van der Waals surface area contributed by atoms with Crippen molar-refractivity contribution in [1.29, 1.82) is 0 Å². The van der Waals surface area contributed by atoms with Crippen LogP contribution in [-0.2, 0) is 10.7 Å². The third kappa shape index (κ3) is 3.05. The highest BCUT2D eigenvalue weighted by Crippen LogP contribution is 2.39. The summed E-state index contributed by atoms with van der Waals surface area (Å²) in [7, 11) is 2.62. The summed E-state index contributed by atoms with van der Waals surface area (Å²) in [5, 5.41) is 8.43. The monoisotopic (exact) mass is 246 g/mol. The Kier molecular flexibility index (Phi) is 3.88. The molecule has 0 heterocycles. The van der Waals surface area contributed by atoms with Gasteiger partial charge in [0.2, 0.25) is 0 Å². The van der Waals surface area contributed by atoms with E-state index < -0.39 is 23.9 Å². The zero-order valence-corrected chi connectivity index (χ0v) is 9.37. The van der Waals surface area contributed by atoms with Crippen LogP contribution in [-0.4, -0.2) is 25.3 Å². The van der Waals surface area contributed by atoms with Crippen LogP contribution in [0.3, 0.4) is 0 Å². The Balaban J connectivity index is 3.16. The smallest absolute Gasteiger partial charge is 0.309 e. The summed E-state index contributed by atoms with van der Waals surface area (Å²) in [6, 6.07) is 3.71. The van der Waals surface area contributed by atoms with E-state index in [1.165, 1.54) is 26.4 Å². The van der Waals surface area contributed by atoms with E-state index >= 15 is 0 Å². The van der Waals surface area contributed by atoms with E-state index in [1.54, 1.807) is 0 Å². The lowest BCUT2D eigenvalue weighted by Crippen LogP contribution is -2.19. The van der Waals surface area contributed by atoms with Gasteiger partial charge in [-0.25, -0.2) is 8.78 Å². The van der Waals surface area contributed by atoms with Crippen molar-refractivity contribution < 1.29 is 28.2 Å². The Labute approximate surface area is 96.8 Å². The number of alkyl halides is 2. The van der Waals surface area contributed by atoms with E-state index in [0.29, 0.717) is 5.75 Å². The van der Waals surface area contributed by atoms with Crippen LogP contribution in [0.4, 0.5) is 8.78 Å². The van der Waals surface area contributed by atoms with E-state index in [9.17, 15) is 13.6 Å². The minimum Gasteiger partial charge on any atom is -0.497 e. The van der Waals surface area contributed by atoms with Crippen LogP contribution in [0, 0.1) is 0 Å². The molecule has 0 amide bonds. The summed E-state index contributed by atoms with van der Waals surface area (Å²) in [6.07, 6.45) is -1.28. The third-order valence-electron chi connectivity index (χ3n) is 2.18. The summed E-state index contributed by atoms with van der Waals surface area (Å²) in [5.74, 6) is -4.80. The molecule has 6 heteroatoms. The zero-order chi connectivity index (χ0) is 13.1. The van der Waals surface area contributed by atoms with Crippen molar-refractivity contribution in [2.24, 2.45) is 0 Å². The lowest BCUT2D eigenvalue weighted by Gasteiger charge is -2.18. The largest absolute Gasteiger partial charge is 0.497 e. The SMILES string of the molecule is COc1ccc(C(F)(F)CC(=O)O)c(OC)c1. The molecule has 0 spiro atoms. The van der Waals surface area contributed by atoms with Gasteiger partial charge in [-0.05, 0) is 12.1 Å². The molecule has 4 nitrogen and oxygen atoms in total. The van der Waals surface area contributed by atoms with Crippen LogP contribution in [0.2, 0.25) is 0 Å². The second kappa shape index (κ2) is 4.99. The number of benzene rings is 1. The molecule has 1 rings (SSSR count). The van der Waals surface area contributed by atoms with Crippen molar-refractivity contribution in [2.75, 3.05) is 14.2 Å². The zero-order valence-electron chi connectivity index (χ0n) is 9.37. The maximum absolute atomic E-state index is 13.6. The van der Waals surface area contributed by atoms with Crippen LogP contribution in [0.25, 0.3) is 0 Å². The Bertz CT molecular complexity index is 418. The van der Waals surface area contributed by atoms with Gasteiger partial charge in [0.05, 0.1) is 19.8 Å². The molecule has 1 aromatic carbocycles. The summed E-state index contributed by atoms with van der Waals surface area (Å²) < 4.78 is 36.8. The van der Waals surface area contributed by atoms with E-state index in [1.807, 2.05) is 0 Å². The topological polar surface area (TPSA) is 55.8 Å². The molecule has 1 aromatic rings. The fourth-order valence-electron chi connectivity index (χ4n) is 1.39. The fourth-order valence-corrected chi connectivity index (χ4v) is 1.39. The van der Waals surface area contributed by atoms with Gasteiger partial charge >= 0.3 is 5.97 Å². The number of hydrogen-bond donors (Lipinski definition) is 1. The van der Waals surface area contributed by atoms with Crippen LogP contribution in [0.15, 0.2) is 18.2 Å². The predicted molar refractivity (Wildman–Crippen MR) is 55.7 cm³/mol. The Morgan fingerprint density at radius 3 is 2.47 bits per heavy atom. The average Bonchev–Trinajstić information content (AvgIpc) is 2.26. The quantitative estimate of drug-likeness (QED) is 0.865. The van der Waals surface area contributed by atoms with Crippen molar-refractivity contribution in [1.82, 2.24) is 0 Å². The summed E-state index contributed by atoms with van der Waals surface area (Å²) in [4.78, 5) is 10.4. The molecular formula is C11H12F2O4. The highest BCUT2D eigenvalue weighted by Gasteiger charge is 2.37. The number of carboxylic acids is 1. The lowest BCUT2D eigenvalue weighted by atomic mass is 10.0. The van der Waals surface area contributed by atoms with Crippen molar-refractivity contribution in [3.63, 3.8) is 0 Å². The molecule has 0 saturated heterocycles. The first kappa shape index (κ1) is 13.2. The molecule has 0 bridgehead atoms. The number of halogens is 2. The van der Waals surface area contributed by atoms with E-state index in [2.05, 4.69) is 0 Å². The average molecular weight is 246 g/mol. The summed E-state index contributed by atoms with van der Waals surface area (Å²) in [6.45, 7) is 0. The number of hydrogen-bond acceptors (Lipinski definition) is 3. The van der Waals surface area contributed by atoms with Crippen molar-refractivity contribution >= 4 is 5.97 Å². The molecule has 0 atom stereocenters. The minimum absolute atomic E-state index is 0.101. The maximum Gasteiger partial charge on any atom is 0.309 e. The summed E-state index contributed by atoms with van der Waals surface area (Å²) in [5.41, 5.74) is -0.469. The molecule has 0 radical (unpaired) electrons. The van der Waals surface area contributed by atoms with Crippen LogP contribution >= 0.6 is 0 Å². The molecule has 0 aliphatic rings. The number of carboxylic acid groups (broad SMARTS) is 1. The van der Waals surface area contributed by atoms with Gasteiger partial charge in [-0.1, -0.05) is 0 Å². The van der Waals surface area contributed by atoms with Gasteiger partial charge in [-0.3, -0.25) is 4.79 Å². The Morgan fingerprint density at radius 2 is 2.00 bits per heavy atom. The standard InChI is InChI=1S/C11H12F2O4/c1-16-7-3-4-8(9(5-7)17-2)11(12,13)6-10(14)15/h3-5H,6H2,1-2H3,(H,14,15). The van der Waals surface area contributed by atoms with Crippen LogP contribution in [0.5, 0.6) is 11.5 Å². The fraction of sp³-hybridized carbons (Fsp3) is 0.364. The van der Waals surface area contributed by atoms with Gasteiger partial charge < -0.3 is 14.6 Å².